The van der Waals surface area contributed by atoms with Crippen molar-refractivity contribution in [3.63, 3.8) is 0 Å². The van der Waals surface area contributed by atoms with Crippen molar-refractivity contribution in [3.8, 4) is 22.3 Å². The molecule has 0 saturated heterocycles. The van der Waals surface area contributed by atoms with Crippen molar-refractivity contribution in [1.82, 2.24) is 0 Å². The minimum Gasteiger partial charge on any atom is -0.280 e. The van der Waals surface area contributed by atoms with Crippen LogP contribution in [0.2, 0.25) is 0 Å². The third-order valence-corrected chi connectivity index (χ3v) is 9.59. The Kier molecular flexibility index (Phi) is 9.44. The van der Waals surface area contributed by atoms with E-state index in [4.69, 9.17) is 4.99 Å². The number of rotatable bonds is 10. The van der Waals surface area contributed by atoms with Gasteiger partial charge in [0.05, 0.1) is 18.0 Å². The average molecular weight is 645 g/mol. The number of aliphatic imine (C=N–C) groups is 2. The van der Waals surface area contributed by atoms with Crippen molar-refractivity contribution in [2.24, 2.45) is 9.98 Å². The van der Waals surface area contributed by atoms with Crippen molar-refractivity contribution in [1.29, 1.82) is 0 Å². The largest absolute Gasteiger partial charge is 0.280 e. The summed E-state index contributed by atoms with van der Waals surface area (Å²) >= 11 is 0. The van der Waals surface area contributed by atoms with E-state index in [2.05, 4.69) is 153 Å². The van der Waals surface area contributed by atoms with Crippen LogP contribution in [0.1, 0.15) is 41.7 Å². The average Bonchev–Trinajstić information content (AvgIpc) is 3.19. The van der Waals surface area contributed by atoms with E-state index >= 15 is 0 Å². The maximum Gasteiger partial charge on any atom is 0.0716 e. The van der Waals surface area contributed by atoms with Crippen LogP contribution in [0, 0.1) is 0 Å². The second-order valence-corrected chi connectivity index (χ2v) is 13.1. The lowest BCUT2D eigenvalue weighted by atomic mass is 9.77. The van der Waals surface area contributed by atoms with Gasteiger partial charge in [0.1, 0.15) is 0 Å². The van der Waals surface area contributed by atoms with Gasteiger partial charge in [0, 0.05) is 11.0 Å². The fraction of sp³-hybridized carbons (Fsp3) is 0.0833. The predicted molar refractivity (Wildman–Crippen MR) is 214 cm³/mol. The summed E-state index contributed by atoms with van der Waals surface area (Å²) in [7, 11) is 0. The number of allylic oxidation sites excluding steroid dienone is 1. The summed E-state index contributed by atoms with van der Waals surface area (Å²) in [6.07, 6.45) is 2.03. The molecule has 0 fully saturated rings. The van der Waals surface area contributed by atoms with Crippen molar-refractivity contribution in [3.05, 3.63) is 210 Å². The lowest BCUT2D eigenvalue weighted by Gasteiger charge is -2.26. The molecular weight excluding hydrogens is 605 g/mol. The monoisotopic (exact) mass is 644 g/mol. The highest BCUT2D eigenvalue weighted by Gasteiger charge is 2.23. The molecule has 0 amide bonds. The van der Waals surface area contributed by atoms with Gasteiger partial charge in [-0.05, 0) is 74.1 Å². The Morgan fingerprint density at radius 3 is 1.84 bits per heavy atom. The highest BCUT2D eigenvalue weighted by molar-refractivity contribution is 6.12. The molecule has 2 heteroatoms. The molecule has 0 bridgehead atoms. The second-order valence-electron chi connectivity index (χ2n) is 13.1. The minimum atomic E-state index is -0.163. The standard InChI is InChI=1S/C48H40N2/c1-48(2,43-30-26-36(27-31-43)40-20-12-21-41(32-40)45-23-13-19-37-14-10-11-22-44(37)45)42-28-24-35(25-29-42)34-50-47(39-17-8-5-9-18-39)33-46(49-3)38-15-6-4-7-16-38/h4-33H,3,34H2,1-2H3/b46-33-,50-47?. The zero-order valence-corrected chi connectivity index (χ0v) is 28.6. The van der Waals surface area contributed by atoms with Gasteiger partial charge in [-0.3, -0.25) is 9.98 Å². The van der Waals surface area contributed by atoms with E-state index in [-0.39, 0.29) is 5.41 Å². The summed E-state index contributed by atoms with van der Waals surface area (Å²) < 4.78 is 0. The van der Waals surface area contributed by atoms with E-state index in [0.717, 1.165) is 28.1 Å². The number of benzene rings is 7. The number of hydrogen-bond donors (Lipinski definition) is 0. The van der Waals surface area contributed by atoms with Crippen LogP contribution < -0.4 is 0 Å². The molecule has 0 heterocycles. The van der Waals surface area contributed by atoms with Crippen molar-refractivity contribution >= 4 is 28.9 Å². The fourth-order valence-corrected chi connectivity index (χ4v) is 6.58. The van der Waals surface area contributed by atoms with E-state index < -0.39 is 0 Å². The van der Waals surface area contributed by atoms with Crippen LogP contribution in [0.5, 0.6) is 0 Å². The summed E-state index contributed by atoms with van der Waals surface area (Å²) in [5, 5.41) is 2.54. The van der Waals surface area contributed by atoms with Crippen LogP contribution in [-0.2, 0) is 12.0 Å². The smallest absolute Gasteiger partial charge is 0.0716 e. The Bertz CT molecular complexity index is 2290. The highest BCUT2D eigenvalue weighted by Crippen LogP contribution is 2.35. The van der Waals surface area contributed by atoms with Crippen molar-refractivity contribution < 1.29 is 0 Å². The van der Waals surface area contributed by atoms with Crippen LogP contribution in [-0.4, -0.2) is 12.4 Å². The SMILES string of the molecule is C=N/C(=C\C(=NCc1ccc(C(C)(C)c2ccc(-c3cccc(-c4cccc5ccccc45)c3)cc2)cc1)c1ccccc1)c1ccccc1. The highest BCUT2D eigenvalue weighted by atomic mass is 14.8. The molecule has 2 nitrogen and oxygen atoms in total. The normalized spacial score (nSPS) is 12.2. The first-order valence-electron chi connectivity index (χ1n) is 17.1. The first-order valence-corrected chi connectivity index (χ1v) is 17.1. The Morgan fingerprint density at radius 1 is 0.560 bits per heavy atom. The third kappa shape index (κ3) is 7.02. The Hall–Kier alpha value is -6.12. The summed E-state index contributed by atoms with van der Waals surface area (Å²) in [5.74, 6) is 0. The predicted octanol–water partition coefficient (Wildman–Crippen LogP) is 12.2. The molecular formula is C48H40N2. The van der Waals surface area contributed by atoms with Gasteiger partial charge in [-0.2, -0.15) is 0 Å². The molecule has 0 saturated carbocycles. The van der Waals surface area contributed by atoms with Gasteiger partial charge in [0.15, 0.2) is 0 Å². The molecule has 0 N–H and O–H groups in total. The van der Waals surface area contributed by atoms with E-state index in [0.29, 0.717) is 6.54 Å². The first-order chi connectivity index (χ1) is 24.5. The number of fused-ring (bicyclic) bond motifs is 1. The van der Waals surface area contributed by atoms with Gasteiger partial charge in [0.2, 0.25) is 0 Å². The third-order valence-electron chi connectivity index (χ3n) is 9.59. The maximum absolute atomic E-state index is 5.06. The zero-order valence-electron chi connectivity index (χ0n) is 28.6. The zero-order chi connectivity index (χ0) is 34.3. The van der Waals surface area contributed by atoms with Gasteiger partial charge < -0.3 is 0 Å². The topological polar surface area (TPSA) is 24.7 Å². The van der Waals surface area contributed by atoms with E-state index in [1.54, 1.807) is 0 Å². The molecule has 0 aliphatic rings. The molecule has 0 aromatic heterocycles. The van der Waals surface area contributed by atoms with E-state index in [1.807, 2.05) is 54.6 Å². The molecule has 7 rings (SSSR count). The van der Waals surface area contributed by atoms with E-state index in [1.165, 1.54) is 44.2 Å². The fourth-order valence-electron chi connectivity index (χ4n) is 6.58. The lowest BCUT2D eigenvalue weighted by Crippen LogP contribution is -2.18. The summed E-state index contributed by atoms with van der Waals surface area (Å²) in [6, 6.07) is 62.3. The lowest BCUT2D eigenvalue weighted by molar-refractivity contribution is 0.640. The summed E-state index contributed by atoms with van der Waals surface area (Å²) in [5.41, 5.74) is 12.2. The molecule has 0 aliphatic heterocycles. The summed E-state index contributed by atoms with van der Waals surface area (Å²) in [4.78, 5) is 9.38. The molecule has 7 aromatic rings. The number of nitrogens with zero attached hydrogens (tertiary/aromatic N) is 2. The van der Waals surface area contributed by atoms with E-state index in [9.17, 15) is 0 Å². The van der Waals surface area contributed by atoms with Gasteiger partial charge in [-0.25, -0.2) is 0 Å². The molecule has 0 spiro atoms. The van der Waals surface area contributed by atoms with Crippen LogP contribution >= 0.6 is 0 Å². The Morgan fingerprint density at radius 2 is 1.14 bits per heavy atom. The molecule has 50 heavy (non-hydrogen) atoms. The summed E-state index contributed by atoms with van der Waals surface area (Å²) in [6.45, 7) is 8.98. The molecule has 0 atom stereocenters. The molecule has 242 valence electrons. The van der Waals surface area contributed by atoms with Crippen LogP contribution in [0.4, 0.5) is 0 Å². The quantitative estimate of drug-likeness (QED) is 0.132. The van der Waals surface area contributed by atoms with Gasteiger partial charge in [0.25, 0.3) is 0 Å². The first kappa shape index (κ1) is 32.4. The minimum absolute atomic E-state index is 0.163. The van der Waals surface area contributed by atoms with Crippen LogP contribution in [0.25, 0.3) is 38.7 Å². The molecule has 7 aromatic carbocycles. The van der Waals surface area contributed by atoms with Gasteiger partial charge in [-0.15, -0.1) is 0 Å². The molecule has 0 radical (unpaired) electrons. The Balaban J connectivity index is 1.10. The maximum atomic E-state index is 5.06. The van der Waals surface area contributed by atoms with Crippen LogP contribution in [0.15, 0.2) is 192 Å². The van der Waals surface area contributed by atoms with Gasteiger partial charge in [-0.1, -0.05) is 184 Å². The van der Waals surface area contributed by atoms with Crippen molar-refractivity contribution in [2.75, 3.05) is 0 Å². The molecule has 0 aliphatic carbocycles. The second kappa shape index (κ2) is 14.6. The molecule has 0 unspecified atom stereocenters. The Labute approximate surface area is 295 Å². The number of hydrogen-bond acceptors (Lipinski definition) is 2. The van der Waals surface area contributed by atoms with Crippen LogP contribution in [0.3, 0.4) is 0 Å². The van der Waals surface area contributed by atoms with Crippen molar-refractivity contribution in [2.45, 2.75) is 25.8 Å². The van der Waals surface area contributed by atoms with Gasteiger partial charge >= 0.3 is 0 Å².